The fourth-order valence-electron chi connectivity index (χ4n) is 1.62. The second kappa shape index (κ2) is 6.45. The van der Waals surface area contributed by atoms with Crippen molar-refractivity contribution in [1.29, 1.82) is 0 Å². The Bertz CT molecular complexity index is 357. The van der Waals surface area contributed by atoms with E-state index in [1.807, 2.05) is 17.7 Å². The molecule has 0 aromatic carbocycles. The van der Waals surface area contributed by atoms with Crippen LogP contribution in [0.3, 0.4) is 0 Å². The van der Waals surface area contributed by atoms with Crippen molar-refractivity contribution in [3.05, 3.63) is 24.0 Å². The van der Waals surface area contributed by atoms with Gasteiger partial charge in [-0.3, -0.25) is 4.79 Å². The zero-order valence-electron chi connectivity index (χ0n) is 10.9. The molecule has 1 unspecified atom stereocenters. The van der Waals surface area contributed by atoms with Gasteiger partial charge in [0.05, 0.1) is 5.92 Å². The molecule has 4 heteroatoms. The summed E-state index contributed by atoms with van der Waals surface area (Å²) in [6, 6.07) is 2.07. The van der Waals surface area contributed by atoms with E-state index in [4.69, 9.17) is 5.73 Å². The Morgan fingerprint density at radius 1 is 1.47 bits per heavy atom. The zero-order chi connectivity index (χ0) is 12.8. The standard InChI is InChI=1S/C13H23N3O/c1-10(2)6-15-7-12-4-5-16(9-12)8-11(3)13(14)17/h4-5,9-11,15H,6-8H2,1-3H3,(H2,14,17). The van der Waals surface area contributed by atoms with Crippen LogP contribution in [-0.2, 0) is 17.9 Å². The largest absolute Gasteiger partial charge is 0.369 e. The van der Waals surface area contributed by atoms with E-state index in [1.54, 1.807) is 0 Å². The van der Waals surface area contributed by atoms with Crippen molar-refractivity contribution in [3.8, 4) is 0 Å². The molecule has 0 bridgehead atoms. The number of carbonyl (C=O) groups excluding carboxylic acids is 1. The van der Waals surface area contributed by atoms with E-state index in [0.29, 0.717) is 12.5 Å². The van der Waals surface area contributed by atoms with E-state index in [1.165, 1.54) is 5.56 Å². The molecular formula is C13H23N3O. The highest BCUT2D eigenvalue weighted by molar-refractivity contribution is 5.76. The van der Waals surface area contributed by atoms with Gasteiger partial charge in [0.25, 0.3) is 0 Å². The summed E-state index contributed by atoms with van der Waals surface area (Å²) in [5, 5.41) is 3.39. The normalized spacial score (nSPS) is 12.9. The Morgan fingerprint density at radius 3 is 2.76 bits per heavy atom. The lowest BCUT2D eigenvalue weighted by atomic mass is 10.2. The quantitative estimate of drug-likeness (QED) is 0.752. The maximum absolute atomic E-state index is 11.0. The Labute approximate surface area is 103 Å². The predicted molar refractivity (Wildman–Crippen MR) is 69.3 cm³/mol. The molecule has 0 saturated heterocycles. The topological polar surface area (TPSA) is 60.1 Å². The van der Waals surface area contributed by atoms with Crippen LogP contribution in [0.4, 0.5) is 0 Å². The number of hydrogen-bond acceptors (Lipinski definition) is 2. The van der Waals surface area contributed by atoms with Crippen molar-refractivity contribution in [1.82, 2.24) is 9.88 Å². The van der Waals surface area contributed by atoms with E-state index in [-0.39, 0.29) is 11.8 Å². The van der Waals surface area contributed by atoms with Crippen LogP contribution >= 0.6 is 0 Å². The van der Waals surface area contributed by atoms with Crippen LogP contribution in [0.2, 0.25) is 0 Å². The Balaban J connectivity index is 2.40. The van der Waals surface area contributed by atoms with Crippen molar-refractivity contribution >= 4 is 5.91 Å². The van der Waals surface area contributed by atoms with E-state index in [2.05, 4.69) is 31.4 Å². The van der Waals surface area contributed by atoms with E-state index in [0.717, 1.165) is 13.1 Å². The molecule has 0 fully saturated rings. The Hall–Kier alpha value is -1.29. The summed E-state index contributed by atoms with van der Waals surface area (Å²) in [4.78, 5) is 11.0. The predicted octanol–water partition coefficient (Wildman–Crippen LogP) is 1.36. The van der Waals surface area contributed by atoms with Gasteiger partial charge in [-0.1, -0.05) is 20.8 Å². The summed E-state index contributed by atoms with van der Waals surface area (Å²) in [6.07, 6.45) is 4.05. The number of primary amides is 1. The van der Waals surface area contributed by atoms with Gasteiger partial charge in [-0.2, -0.15) is 0 Å². The smallest absolute Gasteiger partial charge is 0.222 e. The van der Waals surface area contributed by atoms with Gasteiger partial charge in [-0.25, -0.2) is 0 Å². The summed E-state index contributed by atoms with van der Waals surface area (Å²) in [5.74, 6) is 0.282. The molecule has 1 aromatic heterocycles. The summed E-state index contributed by atoms with van der Waals surface area (Å²) >= 11 is 0. The summed E-state index contributed by atoms with van der Waals surface area (Å²) in [6.45, 7) is 8.76. The van der Waals surface area contributed by atoms with Crippen LogP contribution in [-0.4, -0.2) is 17.0 Å². The number of hydrogen-bond donors (Lipinski definition) is 2. The minimum Gasteiger partial charge on any atom is -0.369 e. The van der Waals surface area contributed by atoms with Crippen molar-refractivity contribution in [2.75, 3.05) is 6.54 Å². The first-order valence-corrected chi connectivity index (χ1v) is 6.13. The minimum atomic E-state index is -0.252. The van der Waals surface area contributed by atoms with Gasteiger partial charge in [0.15, 0.2) is 0 Å². The summed E-state index contributed by atoms with van der Waals surface area (Å²) in [7, 11) is 0. The summed E-state index contributed by atoms with van der Waals surface area (Å²) < 4.78 is 2.02. The average Bonchev–Trinajstić information content (AvgIpc) is 2.65. The molecule has 1 amide bonds. The van der Waals surface area contributed by atoms with Crippen LogP contribution in [0.25, 0.3) is 0 Å². The zero-order valence-corrected chi connectivity index (χ0v) is 10.9. The van der Waals surface area contributed by atoms with Gasteiger partial charge in [0.1, 0.15) is 0 Å². The number of carbonyl (C=O) groups is 1. The third-order valence-electron chi connectivity index (χ3n) is 2.66. The third kappa shape index (κ3) is 5.04. The number of nitrogens with two attached hydrogens (primary N) is 1. The molecule has 0 aliphatic rings. The first-order chi connectivity index (χ1) is 7.99. The maximum Gasteiger partial charge on any atom is 0.222 e. The molecule has 1 atom stereocenters. The highest BCUT2D eigenvalue weighted by Gasteiger charge is 2.09. The average molecular weight is 237 g/mol. The molecule has 0 aliphatic heterocycles. The van der Waals surface area contributed by atoms with Crippen LogP contribution in [0, 0.1) is 11.8 Å². The van der Waals surface area contributed by atoms with Crippen molar-refractivity contribution in [3.63, 3.8) is 0 Å². The first-order valence-electron chi connectivity index (χ1n) is 6.13. The molecule has 0 spiro atoms. The first kappa shape index (κ1) is 13.8. The van der Waals surface area contributed by atoms with Crippen molar-refractivity contribution in [2.24, 2.45) is 17.6 Å². The van der Waals surface area contributed by atoms with Gasteiger partial charge in [0, 0.05) is 25.5 Å². The fraction of sp³-hybridized carbons (Fsp3) is 0.615. The van der Waals surface area contributed by atoms with Gasteiger partial charge in [0.2, 0.25) is 5.91 Å². The van der Waals surface area contributed by atoms with Crippen molar-refractivity contribution < 1.29 is 4.79 Å². The SMILES string of the molecule is CC(C)CNCc1ccn(CC(C)C(N)=O)c1. The molecule has 4 nitrogen and oxygen atoms in total. The third-order valence-corrected chi connectivity index (χ3v) is 2.66. The maximum atomic E-state index is 11.0. The van der Waals surface area contributed by atoms with Gasteiger partial charge >= 0.3 is 0 Å². The van der Waals surface area contributed by atoms with E-state index < -0.39 is 0 Å². The molecule has 96 valence electrons. The Kier molecular flexibility index (Phi) is 5.22. The molecule has 1 aromatic rings. The minimum absolute atomic E-state index is 0.126. The van der Waals surface area contributed by atoms with Crippen LogP contribution in [0.5, 0.6) is 0 Å². The van der Waals surface area contributed by atoms with Crippen LogP contribution < -0.4 is 11.1 Å². The molecule has 0 radical (unpaired) electrons. The van der Waals surface area contributed by atoms with Crippen LogP contribution in [0.15, 0.2) is 18.5 Å². The molecule has 1 heterocycles. The number of rotatable bonds is 7. The second-order valence-electron chi connectivity index (χ2n) is 5.04. The number of nitrogens with zero attached hydrogens (tertiary/aromatic N) is 1. The summed E-state index contributed by atoms with van der Waals surface area (Å²) in [5.41, 5.74) is 6.48. The van der Waals surface area contributed by atoms with Gasteiger partial charge in [-0.15, -0.1) is 0 Å². The van der Waals surface area contributed by atoms with E-state index in [9.17, 15) is 4.79 Å². The lowest BCUT2D eigenvalue weighted by Crippen LogP contribution is -2.24. The lowest BCUT2D eigenvalue weighted by molar-refractivity contribution is -0.121. The van der Waals surface area contributed by atoms with E-state index >= 15 is 0 Å². The van der Waals surface area contributed by atoms with Crippen molar-refractivity contribution in [2.45, 2.75) is 33.9 Å². The highest BCUT2D eigenvalue weighted by Crippen LogP contribution is 2.05. The highest BCUT2D eigenvalue weighted by atomic mass is 16.1. The second-order valence-corrected chi connectivity index (χ2v) is 5.04. The fourth-order valence-corrected chi connectivity index (χ4v) is 1.62. The Morgan fingerprint density at radius 2 is 2.18 bits per heavy atom. The number of aromatic nitrogens is 1. The molecule has 0 saturated carbocycles. The molecular weight excluding hydrogens is 214 g/mol. The molecule has 3 N–H and O–H groups in total. The molecule has 17 heavy (non-hydrogen) atoms. The monoisotopic (exact) mass is 237 g/mol. The number of nitrogens with one attached hydrogen (secondary N) is 1. The van der Waals surface area contributed by atoms with Crippen LogP contribution in [0.1, 0.15) is 26.3 Å². The lowest BCUT2D eigenvalue weighted by Gasteiger charge is -2.08. The van der Waals surface area contributed by atoms with Gasteiger partial charge < -0.3 is 15.6 Å². The molecule has 1 rings (SSSR count). The number of amides is 1. The van der Waals surface area contributed by atoms with Gasteiger partial charge in [-0.05, 0) is 24.1 Å². The molecule has 0 aliphatic carbocycles.